The molecule has 0 aliphatic heterocycles. The van der Waals surface area contributed by atoms with Gasteiger partial charge in [0.25, 0.3) is 0 Å². The lowest BCUT2D eigenvalue weighted by molar-refractivity contribution is 0.502. The van der Waals surface area contributed by atoms with Crippen molar-refractivity contribution in [3.63, 3.8) is 0 Å². The van der Waals surface area contributed by atoms with E-state index in [-0.39, 0.29) is 0 Å². The van der Waals surface area contributed by atoms with Gasteiger partial charge in [-0.3, -0.25) is 0 Å². The van der Waals surface area contributed by atoms with Crippen molar-refractivity contribution >= 4 is 0 Å². The second kappa shape index (κ2) is 3.05. The lowest BCUT2D eigenvalue weighted by atomic mass is 9.87. The van der Waals surface area contributed by atoms with E-state index in [9.17, 15) is 0 Å². The van der Waals surface area contributed by atoms with E-state index in [0.29, 0.717) is 5.41 Å². The molecule has 0 aliphatic rings. The molecule has 9 heavy (non-hydrogen) atoms. The summed E-state index contributed by atoms with van der Waals surface area (Å²) in [5.41, 5.74) is 1.86. The van der Waals surface area contributed by atoms with Crippen molar-refractivity contribution in [1.29, 1.82) is 0 Å². The molecule has 0 saturated carbocycles. The van der Waals surface area contributed by atoms with Crippen molar-refractivity contribution in [3.8, 4) is 0 Å². The maximum absolute atomic E-state index is 2.29. The van der Waals surface area contributed by atoms with Crippen LogP contribution in [0.25, 0.3) is 0 Å². The quantitative estimate of drug-likeness (QED) is 0.472. The standard InChI is InChI=1S/C9H18/c1-6-7-8(2)9(3,4)5/h7H,6H2,1-5H3/b8-7+. The Balaban J connectivity index is 4.03. The zero-order chi connectivity index (χ0) is 7.49. The minimum absolute atomic E-state index is 0.371. The van der Waals surface area contributed by atoms with Gasteiger partial charge in [0.2, 0.25) is 0 Å². The Morgan fingerprint density at radius 2 is 1.78 bits per heavy atom. The van der Waals surface area contributed by atoms with Gasteiger partial charge in [-0.2, -0.15) is 0 Å². The van der Waals surface area contributed by atoms with Crippen LogP contribution < -0.4 is 0 Å². The molecule has 0 unspecified atom stereocenters. The molecular formula is C9H18. The van der Waals surface area contributed by atoms with Crippen LogP contribution in [0.5, 0.6) is 0 Å². The van der Waals surface area contributed by atoms with Crippen molar-refractivity contribution in [3.05, 3.63) is 11.6 Å². The van der Waals surface area contributed by atoms with Crippen LogP contribution in [-0.2, 0) is 0 Å². The molecule has 0 heteroatoms. The van der Waals surface area contributed by atoms with Gasteiger partial charge in [-0.05, 0) is 18.8 Å². The van der Waals surface area contributed by atoms with Gasteiger partial charge in [0, 0.05) is 0 Å². The molecule has 0 N–H and O–H groups in total. The van der Waals surface area contributed by atoms with Gasteiger partial charge < -0.3 is 0 Å². The summed E-state index contributed by atoms with van der Waals surface area (Å²) >= 11 is 0. The monoisotopic (exact) mass is 126 g/mol. The van der Waals surface area contributed by atoms with Crippen LogP contribution in [0.3, 0.4) is 0 Å². The second-order valence-corrected chi connectivity index (χ2v) is 3.55. The lowest BCUT2D eigenvalue weighted by Crippen LogP contribution is -2.05. The van der Waals surface area contributed by atoms with Gasteiger partial charge in [0.1, 0.15) is 0 Å². The van der Waals surface area contributed by atoms with Gasteiger partial charge in [-0.1, -0.05) is 39.3 Å². The highest BCUT2D eigenvalue weighted by atomic mass is 14.2. The van der Waals surface area contributed by atoms with Crippen molar-refractivity contribution < 1.29 is 0 Å². The van der Waals surface area contributed by atoms with Crippen molar-refractivity contribution in [2.45, 2.75) is 41.0 Å². The van der Waals surface area contributed by atoms with E-state index in [1.54, 1.807) is 0 Å². The SMILES string of the molecule is CC/C=C(\C)C(C)(C)C. The first-order chi connectivity index (χ1) is 3.98. The van der Waals surface area contributed by atoms with Crippen LogP contribution >= 0.6 is 0 Å². The summed E-state index contributed by atoms with van der Waals surface area (Å²) in [6.07, 6.45) is 3.45. The van der Waals surface area contributed by atoms with E-state index in [2.05, 4.69) is 40.7 Å². The number of hydrogen-bond acceptors (Lipinski definition) is 0. The minimum Gasteiger partial charge on any atom is -0.0854 e. The molecule has 0 aromatic carbocycles. The van der Waals surface area contributed by atoms with Gasteiger partial charge in [0.05, 0.1) is 0 Å². The fourth-order valence-electron chi connectivity index (χ4n) is 0.612. The smallest absolute Gasteiger partial charge is 0.0176 e. The van der Waals surface area contributed by atoms with Crippen LogP contribution in [0.4, 0.5) is 0 Å². The molecular weight excluding hydrogens is 108 g/mol. The lowest BCUT2D eigenvalue weighted by Gasteiger charge is -2.18. The largest absolute Gasteiger partial charge is 0.0854 e. The molecule has 0 bridgehead atoms. The zero-order valence-corrected chi connectivity index (χ0v) is 7.28. The Bertz CT molecular complexity index is 102. The maximum Gasteiger partial charge on any atom is -0.0176 e. The average Bonchev–Trinajstić information content (AvgIpc) is 1.64. The second-order valence-electron chi connectivity index (χ2n) is 3.55. The fraction of sp³-hybridized carbons (Fsp3) is 0.778. The van der Waals surface area contributed by atoms with Gasteiger partial charge in [-0.15, -0.1) is 0 Å². The topological polar surface area (TPSA) is 0 Å². The van der Waals surface area contributed by atoms with Gasteiger partial charge >= 0.3 is 0 Å². The number of rotatable bonds is 1. The van der Waals surface area contributed by atoms with E-state index >= 15 is 0 Å². The van der Waals surface area contributed by atoms with Gasteiger partial charge in [0.15, 0.2) is 0 Å². The van der Waals surface area contributed by atoms with Crippen molar-refractivity contribution in [2.24, 2.45) is 5.41 Å². The van der Waals surface area contributed by atoms with Crippen LogP contribution in [0.1, 0.15) is 41.0 Å². The molecule has 0 saturated heterocycles. The highest BCUT2D eigenvalue weighted by Crippen LogP contribution is 2.24. The number of allylic oxidation sites excluding steroid dienone is 2. The molecule has 0 radical (unpaired) electrons. The maximum atomic E-state index is 2.29. The fourth-order valence-corrected chi connectivity index (χ4v) is 0.612. The molecule has 0 aliphatic carbocycles. The minimum atomic E-state index is 0.371. The molecule has 0 aromatic rings. The van der Waals surface area contributed by atoms with Crippen LogP contribution in [0.2, 0.25) is 0 Å². The molecule has 0 spiro atoms. The average molecular weight is 126 g/mol. The molecule has 54 valence electrons. The summed E-state index contributed by atoms with van der Waals surface area (Å²) in [7, 11) is 0. The molecule has 0 heterocycles. The first-order valence-electron chi connectivity index (χ1n) is 3.65. The molecule has 0 nitrogen and oxygen atoms in total. The van der Waals surface area contributed by atoms with E-state index in [4.69, 9.17) is 0 Å². The third-order valence-corrected chi connectivity index (χ3v) is 1.69. The third-order valence-electron chi connectivity index (χ3n) is 1.69. The first kappa shape index (κ1) is 8.74. The molecule has 0 rings (SSSR count). The molecule has 0 fully saturated rings. The van der Waals surface area contributed by atoms with Crippen LogP contribution in [0, 0.1) is 5.41 Å². The Labute approximate surface area is 59.0 Å². The third kappa shape index (κ3) is 3.34. The summed E-state index contributed by atoms with van der Waals surface area (Å²) in [5, 5.41) is 0. The Kier molecular flexibility index (Phi) is 2.96. The Morgan fingerprint density at radius 3 is 1.89 bits per heavy atom. The van der Waals surface area contributed by atoms with Gasteiger partial charge in [-0.25, -0.2) is 0 Å². The number of hydrogen-bond donors (Lipinski definition) is 0. The van der Waals surface area contributed by atoms with E-state index in [1.165, 1.54) is 5.57 Å². The summed E-state index contributed by atoms with van der Waals surface area (Å²) in [4.78, 5) is 0. The summed E-state index contributed by atoms with van der Waals surface area (Å²) in [6.45, 7) is 11.1. The van der Waals surface area contributed by atoms with Crippen LogP contribution in [0.15, 0.2) is 11.6 Å². The summed E-state index contributed by atoms with van der Waals surface area (Å²) in [6, 6.07) is 0. The highest BCUT2D eigenvalue weighted by Gasteiger charge is 2.10. The van der Waals surface area contributed by atoms with Crippen LogP contribution in [-0.4, -0.2) is 0 Å². The summed E-state index contributed by atoms with van der Waals surface area (Å²) in [5.74, 6) is 0. The van der Waals surface area contributed by atoms with Crippen molar-refractivity contribution in [2.75, 3.05) is 0 Å². The van der Waals surface area contributed by atoms with E-state index < -0.39 is 0 Å². The predicted octanol–water partition coefficient (Wildman–Crippen LogP) is 3.39. The normalized spacial score (nSPS) is 14.1. The first-order valence-corrected chi connectivity index (χ1v) is 3.65. The van der Waals surface area contributed by atoms with Crippen molar-refractivity contribution in [1.82, 2.24) is 0 Å². The highest BCUT2D eigenvalue weighted by molar-refractivity contribution is 5.06. The molecule has 0 amide bonds. The zero-order valence-electron chi connectivity index (χ0n) is 7.28. The molecule has 0 aromatic heterocycles. The molecule has 0 atom stereocenters. The Hall–Kier alpha value is -0.260. The van der Waals surface area contributed by atoms with E-state index in [1.807, 2.05) is 0 Å². The predicted molar refractivity (Wildman–Crippen MR) is 43.5 cm³/mol. The summed E-state index contributed by atoms with van der Waals surface area (Å²) < 4.78 is 0. The van der Waals surface area contributed by atoms with E-state index in [0.717, 1.165) is 6.42 Å². The Morgan fingerprint density at radius 1 is 1.33 bits per heavy atom.